The zero-order valence-corrected chi connectivity index (χ0v) is 17.7. The lowest BCUT2D eigenvalue weighted by atomic mass is 10.2. The van der Waals surface area contributed by atoms with Crippen molar-refractivity contribution in [2.24, 2.45) is 0 Å². The molecule has 0 spiro atoms. The monoisotopic (exact) mass is 427 g/mol. The standard InChI is InChI=1S/C22H30FN7O/c23-17-7-3-4-8-18(17)26-22-27-19-15-25-21(24-9-10-29-11-13-31-14-12-29)28-20(19)30(22)16-5-1-2-6-16/h3-4,7-8,15-16,22,26-27H,1-2,5-6,9-14H2,(H,24,25,28). The van der Waals surface area contributed by atoms with Crippen LogP contribution in [-0.4, -0.2) is 66.6 Å². The first-order valence-corrected chi connectivity index (χ1v) is 11.2. The molecule has 3 N–H and O–H groups in total. The molecule has 1 saturated heterocycles. The van der Waals surface area contributed by atoms with Crippen LogP contribution in [0.1, 0.15) is 25.7 Å². The Kier molecular flexibility index (Phi) is 6.04. The van der Waals surface area contributed by atoms with Gasteiger partial charge in [0.05, 0.1) is 30.8 Å². The second-order valence-electron chi connectivity index (χ2n) is 8.33. The number of nitrogens with zero attached hydrogens (tertiary/aromatic N) is 4. The van der Waals surface area contributed by atoms with Gasteiger partial charge in [-0.1, -0.05) is 25.0 Å². The second-order valence-corrected chi connectivity index (χ2v) is 8.33. The van der Waals surface area contributed by atoms with Crippen molar-refractivity contribution in [3.8, 4) is 0 Å². The van der Waals surface area contributed by atoms with E-state index in [9.17, 15) is 4.39 Å². The molecular weight excluding hydrogens is 397 g/mol. The second kappa shape index (κ2) is 9.23. The number of hydrogen-bond donors (Lipinski definition) is 3. The minimum Gasteiger partial charge on any atom is -0.379 e. The fraction of sp³-hybridized carbons (Fsp3) is 0.545. The number of nitrogens with one attached hydrogen (secondary N) is 3. The van der Waals surface area contributed by atoms with Crippen LogP contribution in [0, 0.1) is 5.82 Å². The minimum absolute atomic E-state index is 0.257. The van der Waals surface area contributed by atoms with Crippen molar-refractivity contribution in [3.63, 3.8) is 0 Å². The molecule has 0 amide bonds. The Morgan fingerprint density at radius 1 is 1.16 bits per heavy atom. The molecule has 3 aliphatic rings. The van der Waals surface area contributed by atoms with E-state index in [1.54, 1.807) is 12.1 Å². The Morgan fingerprint density at radius 3 is 2.77 bits per heavy atom. The van der Waals surface area contributed by atoms with Crippen molar-refractivity contribution in [1.29, 1.82) is 0 Å². The minimum atomic E-state index is -0.261. The summed E-state index contributed by atoms with van der Waals surface area (Å²) in [5, 5.41) is 10.1. The first-order valence-electron chi connectivity index (χ1n) is 11.2. The Balaban J connectivity index is 1.30. The van der Waals surface area contributed by atoms with Crippen LogP contribution in [0.3, 0.4) is 0 Å². The van der Waals surface area contributed by atoms with Crippen LogP contribution in [0.5, 0.6) is 0 Å². The highest BCUT2D eigenvalue weighted by atomic mass is 19.1. The summed E-state index contributed by atoms with van der Waals surface area (Å²) < 4.78 is 19.7. The lowest BCUT2D eigenvalue weighted by Crippen LogP contribution is -2.47. The van der Waals surface area contributed by atoms with E-state index in [-0.39, 0.29) is 12.1 Å². The number of aromatic nitrogens is 2. The van der Waals surface area contributed by atoms with Crippen LogP contribution in [0.15, 0.2) is 30.5 Å². The van der Waals surface area contributed by atoms with Gasteiger partial charge in [-0.2, -0.15) is 4.98 Å². The molecule has 2 aliphatic heterocycles. The fourth-order valence-corrected chi connectivity index (χ4v) is 4.64. The molecule has 2 aromatic rings. The van der Waals surface area contributed by atoms with Crippen LogP contribution < -0.4 is 20.9 Å². The zero-order valence-electron chi connectivity index (χ0n) is 17.7. The van der Waals surface area contributed by atoms with E-state index < -0.39 is 0 Å². The number of morpholine rings is 1. The highest BCUT2D eigenvalue weighted by molar-refractivity contribution is 5.74. The van der Waals surface area contributed by atoms with Crippen molar-refractivity contribution >= 4 is 23.1 Å². The van der Waals surface area contributed by atoms with E-state index in [0.717, 1.165) is 63.7 Å². The molecule has 1 aromatic carbocycles. The maximum atomic E-state index is 14.3. The van der Waals surface area contributed by atoms with Gasteiger partial charge in [-0.3, -0.25) is 4.90 Å². The highest BCUT2D eigenvalue weighted by Gasteiger charge is 2.37. The molecule has 9 heteroatoms. The number of rotatable bonds is 7. The van der Waals surface area contributed by atoms with E-state index >= 15 is 0 Å². The molecule has 5 rings (SSSR count). The topological polar surface area (TPSA) is 77.6 Å². The number of anilines is 4. The van der Waals surface area contributed by atoms with Gasteiger partial charge < -0.3 is 25.6 Å². The Labute approximate surface area is 182 Å². The molecule has 166 valence electrons. The first-order chi connectivity index (χ1) is 15.3. The maximum absolute atomic E-state index is 14.3. The Bertz CT molecular complexity index is 886. The molecule has 3 heterocycles. The molecule has 1 aromatic heterocycles. The highest BCUT2D eigenvalue weighted by Crippen LogP contribution is 2.39. The smallest absolute Gasteiger partial charge is 0.224 e. The third kappa shape index (κ3) is 4.52. The SMILES string of the molecule is Fc1ccccc1NC1Nc2cnc(NCCN3CCOCC3)nc2N1C1CCCC1. The third-order valence-electron chi connectivity index (χ3n) is 6.28. The molecule has 31 heavy (non-hydrogen) atoms. The lowest BCUT2D eigenvalue weighted by Gasteiger charge is -2.32. The summed E-state index contributed by atoms with van der Waals surface area (Å²) in [6.07, 6.45) is 6.20. The first kappa shape index (κ1) is 20.3. The van der Waals surface area contributed by atoms with Gasteiger partial charge in [0, 0.05) is 32.2 Å². The van der Waals surface area contributed by atoms with Crippen LogP contribution in [0.4, 0.5) is 27.5 Å². The lowest BCUT2D eigenvalue weighted by molar-refractivity contribution is 0.0398. The zero-order chi connectivity index (χ0) is 21.0. The van der Waals surface area contributed by atoms with Crippen LogP contribution in [0.2, 0.25) is 0 Å². The number of benzene rings is 1. The van der Waals surface area contributed by atoms with E-state index in [1.807, 2.05) is 12.3 Å². The Morgan fingerprint density at radius 2 is 1.97 bits per heavy atom. The maximum Gasteiger partial charge on any atom is 0.224 e. The number of ether oxygens (including phenoxy) is 1. The summed E-state index contributed by atoms with van der Waals surface area (Å²) in [5.41, 5.74) is 1.35. The number of para-hydroxylation sites is 1. The molecular formula is C22H30FN7O. The predicted octanol–water partition coefficient (Wildman–Crippen LogP) is 2.93. The molecule has 1 atom stereocenters. The van der Waals surface area contributed by atoms with Crippen molar-refractivity contribution in [3.05, 3.63) is 36.3 Å². The van der Waals surface area contributed by atoms with Crippen LogP contribution in [0.25, 0.3) is 0 Å². The molecule has 1 saturated carbocycles. The van der Waals surface area contributed by atoms with E-state index in [4.69, 9.17) is 9.72 Å². The van der Waals surface area contributed by atoms with Gasteiger partial charge in [0.25, 0.3) is 0 Å². The normalized spacial score (nSPS) is 21.7. The van der Waals surface area contributed by atoms with Crippen molar-refractivity contribution in [2.45, 2.75) is 38.0 Å². The molecule has 0 bridgehead atoms. The van der Waals surface area contributed by atoms with Crippen molar-refractivity contribution < 1.29 is 9.13 Å². The van der Waals surface area contributed by atoms with Crippen molar-refractivity contribution in [1.82, 2.24) is 14.9 Å². The number of fused-ring (bicyclic) bond motifs is 1. The van der Waals surface area contributed by atoms with E-state index in [2.05, 4.69) is 30.7 Å². The van der Waals surface area contributed by atoms with Gasteiger partial charge in [0.2, 0.25) is 5.95 Å². The average Bonchev–Trinajstić information content (AvgIpc) is 3.43. The van der Waals surface area contributed by atoms with Gasteiger partial charge in [-0.05, 0) is 25.0 Å². The Hall–Kier alpha value is -2.65. The predicted molar refractivity (Wildman–Crippen MR) is 120 cm³/mol. The van der Waals surface area contributed by atoms with Gasteiger partial charge in [-0.15, -0.1) is 0 Å². The summed E-state index contributed by atoms with van der Waals surface area (Å²) in [4.78, 5) is 14.0. The number of halogens is 1. The third-order valence-corrected chi connectivity index (χ3v) is 6.28. The number of hydrogen-bond acceptors (Lipinski definition) is 8. The van der Waals surface area contributed by atoms with Gasteiger partial charge >= 0.3 is 0 Å². The quantitative estimate of drug-likeness (QED) is 0.623. The van der Waals surface area contributed by atoms with Gasteiger partial charge in [0.1, 0.15) is 5.82 Å². The fourth-order valence-electron chi connectivity index (χ4n) is 4.64. The summed E-state index contributed by atoms with van der Waals surface area (Å²) in [6.45, 7) is 5.25. The molecule has 2 fully saturated rings. The van der Waals surface area contributed by atoms with Gasteiger partial charge in [-0.25, -0.2) is 9.37 Å². The largest absolute Gasteiger partial charge is 0.379 e. The summed E-state index contributed by atoms with van der Waals surface area (Å²) in [6, 6.07) is 7.14. The molecule has 0 radical (unpaired) electrons. The van der Waals surface area contributed by atoms with Gasteiger partial charge in [0.15, 0.2) is 12.1 Å². The average molecular weight is 428 g/mol. The van der Waals surface area contributed by atoms with E-state index in [0.29, 0.717) is 17.7 Å². The molecule has 8 nitrogen and oxygen atoms in total. The van der Waals surface area contributed by atoms with Crippen LogP contribution in [-0.2, 0) is 4.74 Å². The summed E-state index contributed by atoms with van der Waals surface area (Å²) in [5.74, 6) is 1.25. The summed E-state index contributed by atoms with van der Waals surface area (Å²) in [7, 11) is 0. The summed E-state index contributed by atoms with van der Waals surface area (Å²) >= 11 is 0. The van der Waals surface area contributed by atoms with E-state index in [1.165, 1.54) is 18.9 Å². The molecule has 1 unspecified atom stereocenters. The van der Waals surface area contributed by atoms with Crippen LogP contribution >= 0.6 is 0 Å². The molecule has 1 aliphatic carbocycles. The van der Waals surface area contributed by atoms with Crippen molar-refractivity contribution in [2.75, 3.05) is 60.2 Å².